The molecule has 0 heterocycles. The predicted octanol–water partition coefficient (Wildman–Crippen LogP) is -0.0819. The molecular weight excluding hydrogens is 254 g/mol. The van der Waals surface area contributed by atoms with Gasteiger partial charge in [-0.25, -0.2) is 4.72 Å². The van der Waals surface area contributed by atoms with Gasteiger partial charge in [0.2, 0.25) is 0 Å². The molecule has 7 heteroatoms. The smallest absolute Gasteiger partial charge is 0.279 e. The van der Waals surface area contributed by atoms with Gasteiger partial charge in [-0.3, -0.25) is 0 Å². The highest BCUT2D eigenvalue weighted by Gasteiger charge is 2.42. The van der Waals surface area contributed by atoms with Gasteiger partial charge in [0.15, 0.2) is 0 Å². The summed E-state index contributed by atoms with van der Waals surface area (Å²) in [5, 5.41) is 0. The summed E-state index contributed by atoms with van der Waals surface area (Å²) in [7, 11) is -0.120. The molecule has 1 aliphatic rings. The van der Waals surface area contributed by atoms with Crippen LogP contribution in [0.3, 0.4) is 0 Å². The van der Waals surface area contributed by atoms with Crippen molar-refractivity contribution < 1.29 is 13.2 Å². The van der Waals surface area contributed by atoms with Crippen molar-refractivity contribution in [3.05, 3.63) is 0 Å². The Balaban J connectivity index is 2.37. The van der Waals surface area contributed by atoms with E-state index in [1.807, 2.05) is 0 Å². The standard InChI is InChI=1S/C11H25N3O3S/c1-14(8-3-7-12)18(15,16)13-10-11(4-5-11)6-9-17-2/h13H,3-10,12H2,1-2H3. The van der Waals surface area contributed by atoms with E-state index in [0.29, 0.717) is 32.7 Å². The molecule has 0 atom stereocenters. The lowest BCUT2D eigenvalue weighted by Gasteiger charge is -2.20. The van der Waals surface area contributed by atoms with Crippen LogP contribution in [-0.2, 0) is 14.9 Å². The van der Waals surface area contributed by atoms with Crippen molar-refractivity contribution in [1.82, 2.24) is 9.03 Å². The van der Waals surface area contributed by atoms with E-state index in [0.717, 1.165) is 19.3 Å². The maximum absolute atomic E-state index is 11.9. The van der Waals surface area contributed by atoms with Crippen molar-refractivity contribution >= 4 is 10.2 Å². The van der Waals surface area contributed by atoms with Crippen molar-refractivity contribution in [2.24, 2.45) is 11.1 Å². The molecule has 0 amide bonds. The minimum atomic E-state index is -3.36. The molecule has 0 aromatic carbocycles. The first-order valence-corrected chi connectivity index (χ1v) is 7.80. The average Bonchev–Trinajstić information content (AvgIpc) is 3.12. The fraction of sp³-hybridized carbons (Fsp3) is 1.00. The molecule has 0 aromatic heterocycles. The van der Waals surface area contributed by atoms with Gasteiger partial charge in [0.1, 0.15) is 0 Å². The normalized spacial score (nSPS) is 18.2. The molecule has 0 radical (unpaired) electrons. The summed E-state index contributed by atoms with van der Waals surface area (Å²) >= 11 is 0. The van der Waals surface area contributed by atoms with Gasteiger partial charge in [0.05, 0.1) is 0 Å². The zero-order valence-corrected chi connectivity index (χ0v) is 12.1. The summed E-state index contributed by atoms with van der Waals surface area (Å²) in [6, 6.07) is 0. The Morgan fingerprint density at radius 2 is 2.11 bits per heavy atom. The molecular formula is C11H25N3O3S. The zero-order chi connectivity index (χ0) is 13.6. The molecule has 0 unspecified atom stereocenters. The summed E-state index contributed by atoms with van der Waals surface area (Å²) in [6.07, 6.45) is 3.74. The van der Waals surface area contributed by atoms with Crippen LogP contribution in [0.25, 0.3) is 0 Å². The predicted molar refractivity (Wildman–Crippen MR) is 71.4 cm³/mol. The van der Waals surface area contributed by atoms with Crippen LogP contribution in [0.5, 0.6) is 0 Å². The maximum atomic E-state index is 11.9. The molecule has 0 spiro atoms. The molecule has 0 bridgehead atoms. The van der Waals surface area contributed by atoms with Crippen molar-refractivity contribution in [3.8, 4) is 0 Å². The van der Waals surface area contributed by atoms with E-state index in [9.17, 15) is 8.42 Å². The summed E-state index contributed by atoms with van der Waals surface area (Å²) in [6.45, 7) is 2.14. The molecule has 6 nitrogen and oxygen atoms in total. The van der Waals surface area contributed by atoms with E-state index >= 15 is 0 Å². The second-order valence-corrected chi connectivity index (χ2v) is 6.89. The van der Waals surface area contributed by atoms with Gasteiger partial charge in [-0.05, 0) is 37.6 Å². The first kappa shape index (κ1) is 15.8. The Labute approximate surface area is 110 Å². The van der Waals surface area contributed by atoms with Crippen LogP contribution in [0.1, 0.15) is 25.7 Å². The number of rotatable bonds is 10. The molecule has 0 saturated heterocycles. The van der Waals surface area contributed by atoms with Crippen LogP contribution in [0.15, 0.2) is 0 Å². The second-order valence-electron chi connectivity index (χ2n) is 5.03. The Bertz CT molecular complexity index is 341. The summed E-state index contributed by atoms with van der Waals surface area (Å²) < 4.78 is 32.9. The van der Waals surface area contributed by atoms with Gasteiger partial charge in [-0.1, -0.05) is 0 Å². The average molecular weight is 279 g/mol. The maximum Gasteiger partial charge on any atom is 0.279 e. The summed E-state index contributed by atoms with van der Waals surface area (Å²) in [5.41, 5.74) is 5.50. The van der Waals surface area contributed by atoms with E-state index in [1.165, 1.54) is 4.31 Å². The highest BCUT2D eigenvalue weighted by molar-refractivity contribution is 7.87. The molecule has 1 saturated carbocycles. The van der Waals surface area contributed by atoms with Gasteiger partial charge >= 0.3 is 0 Å². The molecule has 1 fully saturated rings. The van der Waals surface area contributed by atoms with Gasteiger partial charge in [-0.15, -0.1) is 0 Å². The van der Waals surface area contributed by atoms with Crippen LogP contribution >= 0.6 is 0 Å². The summed E-state index contributed by atoms with van der Waals surface area (Å²) in [5.74, 6) is 0. The lowest BCUT2D eigenvalue weighted by atomic mass is 10.0. The Kier molecular flexibility index (Phi) is 6.00. The van der Waals surface area contributed by atoms with Gasteiger partial charge in [0, 0.05) is 33.9 Å². The highest BCUT2D eigenvalue weighted by atomic mass is 32.2. The third kappa shape index (κ3) is 4.81. The first-order chi connectivity index (χ1) is 8.46. The number of hydrogen-bond acceptors (Lipinski definition) is 4. The largest absolute Gasteiger partial charge is 0.385 e. The fourth-order valence-electron chi connectivity index (χ4n) is 1.80. The van der Waals surface area contributed by atoms with Crippen LogP contribution in [0.4, 0.5) is 0 Å². The Morgan fingerprint density at radius 1 is 1.44 bits per heavy atom. The summed E-state index contributed by atoms with van der Waals surface area (Å²) in [4.78, 5) is 0. The van der Waals surface area contributed by atoms with E-state index in [2.05, 4.69) is 4.72 Å². The third-order valence-corrected chi connectivity index (χ3v) is 5.02. The minimum Gasteiger partial charge on any atom is -0.385 e. The van der Waals surface area contributed by atoms with E-state index in [1.54, 1.807) is 14.2 Å². The SMILES string of the molecule is COCCC1(CNS(=O)(=O)N(C)CCCN)CC1. The van der Waals surface area contributed by atoms with Crippen molar-refractivity contribution in [2.75, 3.05) is 40.4 Å². The van der Waals surface area contributed by atoms with Gasteiger partial charge in [0.25, 0.3) is 10.2 Å². The quantitative estimate of drug-likeness (QED) is 0.586. The van der Waals surface area contributed by atoms with E-state index in [4.69, 9.17) is 10.5 Å². The Morgan fingerprint density at radius 3 is 2.61 bits per heavy atom. The number of ether oxygens (including phenoxy) is 1. The highest BCUT2D eigenvalue weighted by Crippen LogP contribution is 2.48. The van der Waals surface area contributed by atoms with Crippen LogP contribution in [-0.4, -0.2) is 53.1 Å². The van der Waals surface area contributed by atoms with E-state index < -0.39 is 10.2 Å². The lowest BCUT2D eigenvalue weighted by molar-refractivity contribution is 0.172. The number of nitrogens with two attached hydrogens (primary N) is 1. The lowest BCUT2D eigenvalue weighted by Crippen LogP contribution is -2.41. The molecule has 3 N–H and O–H groups in total. The monoisotopic (exact) mass is 279 g/mol. The van der Waals surface area contributed by atoms with E-state index in [-0.39, 0.29) is 5.41 Å². The molecule has 1 rings (SSSR count). The van der Waals surface area contributed by atoms with Crippen molar-refractivity contribution in [2.45, 2.75) is 25.7 Å². The van der Waals surface area contributed by atoms with Crippen molar-refractivity contribution in [3.63, 3.8) is 0 Å². The number of hydrogen-bond donors (Lipinski definition) is 2. The molecule has 1 aliphatic carbocycles. The minimum absolute atomic E-state index is 0.123. The zero-order valence-electron chi connectivity index (χ0n) is 11.3. The third-order valence-electron chi connectivity index (χ3n) is 3.51. The fourth-order valence-corrected chi connectivity index (χ4v) is 2.88. The number of nitrogens with one attached hydrogen (secondary N) is 1. The molecule has 0 aliphatic heterocycles. The van der Waals surface area contributed by atoms with Crippen LogP contribution in [0, 0.1) is 5.41 Å². The first-order valence-electron chi connectivity index (χ1n) is 6.36. The van der Waals surface area contributed by atoms with Crippen LogP contribution in [0.2, 0.25) is 0 Å². The number of methoxy groups -OCH3 is 1. The topological polar surface area (TPSA) is 84.7 Å². The molecule has 18 heavy (non-hydrogen) atoms. The molecule has 108 valence electrons. The van der Waals surface area contributed by atoms with Crippen molar-refractivity contribution in [1.29, 1.82) is 0 Å². The number of nitrogens with zero attached hydrogens (tertiary/aromatic N) is 1. The molecule has 0 aromatic rings. The van der Waals surface area contributed by atoms with Crippen LogP contribution < -0.4 is 10.5 Å². The second kappa shape index (κ2) is 6.81. The Hall–Kier alpha value is -0.210. The van der Waals surface area contributed by atoms with Gasteiger partial charge in [-0.2, -0.15) is 12.7 Å². The van der Waals surface area contributed by atoms with Gasteiger partial charge < -0.3 is 10.5 Å².